The lowest BCUT2D eigenvalue weighted by atomic mass is 9.68. The molecule has 0 amide bonds. The molecule has 1 aliphatic carbocycles. The Hall–Kier alpha value is -1.43. The highest BCUT2D eigenvalue weighted by atomic mass is 16.6. The molecule has 0 aromatic heterocycles. The van der Waals surface area contributed by atoms with Gasteiger partial charge >= 0.3 is 11.9 Å². The standard InChI is InChI=1S/C20H35NO5/c1-19(2,3)13-9-7-12(8-10-13)11-14(16(22)15(21)17(23)24)18(25)26-20(4,5)6/h12-15H,7-11,21H2,1-6H3,(H,23,24)/t12?,13?,14-,15?/m0/s1. The van der Waals surface area contributed by atoms with Gasteiger partial charge in [-0.05, 0) is 57.3 Å². The van der Waals surface area contributed by atoms with E-state index in [-0.39, 0.29) is 11.3 Å². The highest BCUT2D eigenvalue weighted by Gasteiger charge is 2.39. The van der Waals surface area contributed by atoms with E-state index in [2.05, 4.69) is 20.8 Å². The van der Waals surface area contributed by atoms with E-state index >= 15 is 0 Å². The number of ether oxygens (including phenoxy) is 1. The molecule has 1 fully saturated rings. The number of esters is 1. The molecule has 6 nitrogen and oxygen atoms in total. The average Bonchev–Trinajstić information content (AvgIpc) is 2.48. The monoisotopic (exact) mass is 369 g/mol. The van der Waals surface area contributed by atoms with Crippen LogP contribution in [0.1, 0.15) is 73.6 Å². The molecule has 0 heterocycles. The van der Waals surface area contributed by atoms with Gasteiger partial charge < -0.3 is 15.6 Å². The lowest BCUT2D eigenvalue weighted by molar-refractivity contribution is -0.163. The van der Waals surface area contributed by atoms with E-state index in [9.17, 15) is 14.4 Å². The number of Topliss-reactive ketones (excluding diaryl/α,β-unsaturated/α-hetero) is 1. The molecule has 1 aliphatic rings. The second-order valence-electron chi connectivity index (χ2n) is 9.62. The predicted octanol–water partition coefficient (Wildman–Crippen LogP) is 3.17. The molecule has 0 spiro atoms. The Kier molecular flexibility index (Phi) is 7.40. The summed E-state index contributed by atoms with van der Waals surface area (Å²) < 4.78 is 5.36. The van der Waals surface area contributed by atoms with Crippen LogP contribution in [-0.2, 0) is 19.1 Å². The molecule has 0 saturated heterocycles. The van der Waals surface area contributed by atoms with Crippen molar-refractivity contribution in [3.05, 3.63) is 0 Å². The van der Waals surface area contributed by atoms with Crippen molar-refractivity contribution in [2.45, 2.75) is 85.3 Å². The number of hydrogen-bond donors (Lipinski definition) is 2. The Labute approximate surface area is 156 Å². The Morgan fingerprint density at radius 2 is 1.54 bits per heavy atom. The maximum Gasteiger partial charge on any atom is 0.328 e. The van der Waals surface area contributed by atoms with E-state index in [1.165, 1.54) is 0 Å². The van der Waals surface area contributed by atoms with Crippen LogP contribution < -0.4 is 5.73 Å². The van der Waals surface area contributed by atoms with E-state index in [1.54, 1.807) is 20.8 Å². The van der Waals surface area contributed by atoms with Crippen LogP contribution in [0.3, 0.4) is 0 Å². The molecule has 0 bridgehead atoms. The van der Waals surface area contributed by atoms with E-state index in [1.807, 2.05) is 0 Å². The van der Waals surface area contributed by atoms with Crippen LogP contribution in [0.25, 0.3) is 0 Å². The summed E-state index contributed by atoms with van der Waals surface area (Å²) in [5.74, 6) is -3.13. The van der Waals surface area contributed by atoms with Gasteiger partial charge in [0.2, 0.25) is 0 Å². The van der Waals surface area contributed by atoms with Gasteiger partial charge in [-0.1, -0.05) is 33.6 Å². The Morgan fingerprint density at radius 3 is 1.92 bits per heavy atom. The minimum Gasteiger partial charge on any atom is -0.480 e. The predicted molar refractivity (Wildman–Crippen MR) is 99.5 cm³/mol. The second-order valence-corrected chi connectivity index (χ2v) is 9.62. The molecule has 2 atom stereocenters. The van der Waals surface area contributed by atoms with Crippen molar-refractivity contribution in [1.82, 2.24) is 0 Å². The lowest BCUT2D eigenvalue weighted by Crippen LogP contribution is -2.46. The molecule has 0 aromatic carbocycles. The molecule has 150 valence electrons. The third-order valence-electron chi connectivity index (χ3n) is 5.25. The highest BCUT2D eigenvalue weighted by Crippen LogP contribution is 2.41. The number of carboxylic acids is 1. The molecule has 0 aliphatic heterocycles. The topological polar surface area (TPSA) is 107 Å². The zero-order chi connectivity index (χ0) is 20.3. The quantitative estimate of drug-likeness (QED) is 0.550. The van der Waals surface area contributed by atoms with Crippen LogP contribution >= 0.6 is 0 Å². The number of ketones is 1. The van der Waals surface area contributed by atoms with Gasteiger partial charge in [0, 0.05) is 0 Å². The summed E-state index contributed by atoms with van der Waals surface area (Å²) in [5.41, 5.74) is 4.99. The number of carbonyl (C=O) groups is 3. The van der Waals surface area contributed by atoms with Crippen LogP contribution in [0.5, 0.6) is 0 Å². The number of rotatable bonds is 6. The summed E-state index contributed by atoms with van der Waals surface area (Å²) in [7, 11) is 0. The third kappa shape index (κ3) is 6.71. The number of carbonyl (C=O) groups excluding carboxylic acids is 2. The van der Waals surface area contributed by atoms with Crippen LogP contribution in [0.15, 0.2) is 0 Å². The molecule has 1 saturated carbocycles. The zero-order valence-electron chi connectivity index (χ0n) is 17.0. The summed E-state index contributed by atoms with van der Waals surface area (Å²) in [6.45, 7) is 11.9. The van der Waals surface area contributed by atoms with Gasteiger partial charge in [0.25, 0.3) is 0 Å². The highest BCUT2D eigenvalue weighted by molar-refractivity contribution is 6.10. The number of hydrogen-bond acceptors (Lipinski definition) is 5. The molecule has 1 rings (SSSR count). The van der Waals surface area contributed by atoms with Gasteiger partial charge in [-0.15, -0.1) is 0 Å². The first-order valence-electron chi connectivity index (χ1n) is 9.47. The van der Waals surface area contributed by atoms with Crippen molar-refractivity contribution in [1.29, 1.82) is 0 Å². The van der Waals surface area contributed by atoms with Crippen molar-refractivity contribution in [3.8, 4) is 0 Å². The summed E-state index contributed by atoms with van der Waals surface area (Å²) in [6, 6.07) is -1.70. The summed E-state index contributed by atoms with van der Waals surface area (Å²) in [6.07, 6.45) is 4.27. The van der Waals surface area contributed by atoms with E-state index in [4.69, 9.17) is 15.6 Å². The molecule has 0 aromatic rings. The average molecular weight is 370 g/mol. The van der Waals surface area contributed by atoms with Gasteiger partial charge in [-0.2, -0.15) is 0 Å². The van der Waals surface area contributed by atoms with Gasteiger partial charge in [0.1, 0.15) is 11.5 Å². The smallest absolute Gasteiger partial charge is 0.328 e. The first-order chi connectivity index (χ1) is 11.7. The van der Waals surface area contributed by atoms with Gasteiger partial charge in [0.05, 0.1) is 0 Å². The van der Waals surface area contributed by atoms with Crippen molar-refractivity contribution in [2.24, 2.45) is 28.9 Å². The molecule has 6 heteroatoms. The summed E-state index contributed by atoms with van der Waals surface area (Å²) in [5, 5.41) is 9.05. The minimum absolute atomic E-state index is 0.205. The fourth-order valence-corrected chi connectivity index (χ4v) is 3.64. The number of aliphatic carboxylic acids is 1. The van der Waals surface area contributed by atoms with E-state index in [0.717, 1.165) is 25.7 Å². The fraction of sp³-hybridized carbons (Fsp3) is 0.850. The van der Waals surface area contributed by atoms with E-state index in [0.29, 0.717) is 12.3 Å². The lowest BCUT2D eigenvalue weighted by Gasteiger charge is -2.37. The van der Waals surface area contributed by atoms with E-state index < -0.39 is 35.3 Å². The Bertz CT molecular complexity index is 521. The van der Waals surface area contributed by atoms with Crippen molar-refractivity contribution in [3.63, 3.8) is 0 Å². The first-order valence-corrected chi connectivity index (χ1v) is 9.47. The van der Waals surface area contributed by atoms with Crippen molar-refractivity contribution < 1.29 is 24.2 Å². The maximum atomic E-state index is 12.5. The second kappa shape index (κ2) is 8.51. The number of nitrogens with two attached hydrogens (primary N) is 1. The molecular weight excluding hydrogens is 334 g/mol. The minimum atomic E-state index is -1.70. The molecule has 0 radical (unpaired) electrons. The zero-order valence-corrected chi connectivity index (χ0v) is 17.0. The first kappa shape index (κ1) is 22.6. The van der Waals surface area contributed by atoms with Crippen LogP contribution in [-0.4, -0.2) is 34.5 Å². The van der Waals surface area contributed by atoms with Crippen molar-refractivity contribution >= 4 is 17.7 Å². The van der Waals surface area contributed by atoms with Gasteiger partial charge in [-0.25, -0.2) is 0 Å². The largest absolute Gasteiger partial charge is 0.480 e. The normalized spacial score (nSPS) is 23.8. The Balaban J connectivity index is 2.85. The van der Waals surface area contributed by atoms with Gasteiger partial charge in [-0.3, -0.25) is 14.4 Å². The Morgan fingerprint density at radius 1 is 1.04 bits per heavy atom. The SMILES string of the molecule is CC(C)(C)OC(=O)[C@@H](CC1CCC(C(C)(C)C)CC1)C(=O)C(N)C(=O)O. The van der Waals surface area contributed by atoms with Crippen LogP contribution in [0, 0.1) is 23.2 Å². The molecule has 3 N–H and O–H groups in total. The molecular formula is C20H35NO5. The maximum absolute atomic E-state index is 12.5. The number of carboxylic acid groups (broad SMARTS) is 1. The van der Waals surface area contributed by atoms with Crippen molar-refractivity contribution in [2.75, 3.05) is 0 Å². The van der Waals surface area contributed by atoms with Crippen LogP contribution in [0.4, 0.5) is 0 Å². The van der Waals surface area contributed by atoms with Gasteiger partial charge in [0.15, 0.2) is 11.8 Å². The van der Waals surface area contributed by atoms with Crippen LogP contribution in [0.2, 0.25) is 0 Å². The molecule has 26 heavy (non-hydrogen) atoms. The summed E-state index contributed by atoms with van der Waals surface area (Å²) >= 11 is 0. The fourth-order valence-electron chi connectivity index (χ4n) is 3.64. The third-order valence-corrected chi connectivity index (χ3v) is 5.25. The molecule has 1 unspecified atom stereocenters. The summed E-state index contributed by atoms with van der Waals surface area (Å²) in [4.78, 5) is 36.1.